The summed E-state index contributed by atoms with van der Waals surface area (Å²) in [6.45, 7) is 5.98. The molecule has 0 bridgehead atoms. The molecule has 0 aliphatic heterocycles. The lowest BCUT2D eigenvalue weighted by atomic mass is 10.2. The first-order chi connectivity index (χ1) is 9.06. The van der Waals surface area contributed by atoms with Gasteiger partial charge in [-0.25, -0.2) is 5.48 Å². The molecule has 1 aromatic heterocycles. The second-order valence-corrected chi connectivity index (χ2v) is 4.54. The molecule has 0 aliphatic carbocycles. The molecule has 0 saturated heterocycles. The summed E-state index contributed by atoms with van der Waals surface area (Å²) in [5.74, 6) is -0.226. The zero-order valence-electron chi connectivity index (χ0n) is 11.7. The SMILES string of the molecule is CONC(=O)c1cc(C)n(-c2ccccc2C)c1C. The fourth-order valence-electron chi connectivity index (χ4n) is 2.33. The standard InChI is InChI=1S/C15H18N2O2/c1-10-7-5-6-8-14(10)17-11(2)9-13(12(17)3)15(18)16-19-4/h5-9H,1-4H3,(H,16,18). The van der Waals surface area contributed by atoms with Crippen LogP contribution in [-0.4, -0.2) is 17.6 Å². The van der Waals surface area contributed by atoms with Crippen LogP contribution in [0.1, 0.15) is 27.3 Å². The van der Waals surface area contributed by atoms with Crippen molar-refractivity contribution in [2.45, 2.75) is 20.8 Å². The maximum Gasteiger partial charge on any atom is 0.276 e. The molecule has 0 unspecified atom stereocenters. The van der Waals surface area contributed by atoms with E-state index in [4.69, 9.17) is 0 Å². The molecule has 0 aliphatic rings. The Morgan fingerprint density at radius 3 is 2.53 bits per heavy atom. The Labute approximate surface area is 113 Å². The Kier molecular flexibility index (Phi) is 3.71. The molecule has 0 fully saturated rings. The average Bonchev–Trinajstić information content (AvgIpc) is 2.66. The molecule has 100 valence electrons. The number of para-hydroxylation sites is 1. The summed E-state index contributed by atoms with van der Waals surface area (Å²) in [6, 6.07) is 9.98. The summed E-state index contributed by atoms with van der Waals surface area (Å²) in [7, 11) is 1.43. The van der Waals surface area contributed by atoms with E-state index in [1.807, 2.05) is 38.1 Å². The Hall–Kier alpha value is -2.07. The Bertz CT molecular complexity index is 615. The van der Waals surface area contributed by atoms with Gasteiger partial charge in [-0.05, 0) is 38.5 Å². The van der Waals surface area contributed by atoms with Crippen LogP contribution < -0.4 is 5.48 Å². The quantitative estimate of drug-likeness (QED) is 0.860. The number of benzene rings is 1. The number of hydrogen-bond acceptors (Lipinski definition) is 2. The van der Waals surface area contributed by atoms with E-state index in [2.05, 4.69) is 27.9 Å². The summed E-state index contributed by atoms with van der Waals surface area (Å²) in [4.78, 5) is 16.6. The van der Waals surface area contributed by atoms with Crippen molar-refractivity contribution in [3.05, 3.63) is 52.8 Å². The molecule has 1 heterocycles. The van der Waals surface area contributed by atoms with Crippen molar-refractivity contribution in [2.24, 2.45) is 0 Å². The van der Waals surface area contributed by atoms with Crippen molar-refractivity contribution in [3.63, 3.8) is 0 Å². The monoisotopic (exact) mass is 258 g/mol. The molecule has 1 N–H and O–H groups in total. The van der Waals surface area contributed by atoms with Gasteiger partial charge in [-0.1, -0.05) is 18.2 Å². The number of rotatable bonds is 3. The predicted molar refractivity (Wildman–Crippen MR) is 74.5 cm³/mol. The Morgan fingerprint density at radius 1 is 1.21 bits per heavy atom. The highest BCUT2D eigenvalue weighted by molar-refractivity contribution is 5.95. The number of carbonyl (C=O) groups excluding carboxylic acids is 1. The summed E-state index contributed by atoms with van der Waals surface area (Å²) in [6.07, 6.45) is 0. The molecular weight excluding hydrogens is 240 g/mol. The first kappa shape index (κ1) is 13.4. The van der Waals surface area contributed by atoms with E-state index < -0.39 is 0 Å². The summed E-state index contributed by atoms with van der Waals surface area (Å²) < 4.78 is 2.08. The summed E-state index contributed by atoms with van der Waals surface area (Å²) in [5, 5.41) is 0. The lowest BCUT2D eigenvalue weighted by molar-refractivity contribution is 0.0537. The molecule has 4 nitrogen and oxygen atoms in total. The fourth-order valence-corrected chi connectivity index (χ4v) is 2.33. The van der Waals surface area contributed by atoms with Crippen LogP contribution in [0.5, 0.6) is 0 Å². The van der Waals surface area contributed by atoms with Crippen molar-refractivity contribution in [3.8, 4) is 5.69 Å². The minimum Gasteiger partial charge on any atom is -0.317 e. The van der Waals surface area contributed by atoms with Gasteiger partial charge in [-0.15, -0.1) is 0 Å². The number of aromatic nitrogens is 1. The number of hydrogen-bond donors (Lipinski definition) is 1. The smallest absolute Gasteiger partial charge is 0.276 e. The number of aryl methyl sites for hydroxylation is 2. The highest BCUT2D eigenvalue weighted by Crippen LogP contribution is 2.23. The average molecular weight is 258 g/mol. The third-order valence-electron chi connectivity index (χ3n) is 3.23. The van der Waals surface area contributed by atoms with Gasteiger partial charge in [-0.3, -0.25) is 9.63 Å². The third-order valence-corrected chi connectivity index (χ3v) is 3.23. The highest BCUT2D eigenvalue weighted by atomic mass is 16.6. The number of carbonyl (C=O) groups is 1. The second-order valence-electron chi connectivity index (χ2n) is 4.54. The van der Waals surface area contributed by atoms with Crippen LogP contribution in [0, 0.1) is 20.8 Å². The number of hydroxylamine groups is 1. The fraction of sp³-hybridized carbons (Fsp3) is 0.267. The van der Waals surface area contributed by atoms with Gasteiger partial charge < -0.3 is 4.57 Å². The molecule has 0 radical (unpaired) electrons. The number of nitrogens with zero attached hydrogens (tertiary/aromatic N) is 1. The first-order valence-electron chi connectivity index (χ1n) is 6.14. The maximum absolute atomic E-state index is 11.9. The van der Waals surface area contributed by atoms with E-state index in [0.717, 1.165) is 17.1 Å². The Morgan fingerprint density at radius 2 is 1.89 bits per heavy atom. The van der Waals surface area contributed by atoms with Crippen molar-refractivity contribution in [2.75, 3.05) is 7.11 Å². The minimum atomic E-state index is -0.226. The molecule has 0 spiro atoms. The molecule has 0 saturated carbocycles. The van der Waals surface area contributed by atoms with Crippen LogP contribution in [0.3, 0.4) is 0 Å². The van der Waals surface area contributed by atoms with Gasteiger partial charge in [0.1, 0.15) is 0 Å². The van der Waals surface area contributed by atoms with E-state index in [1.54, 1.807) is 0 Å². The summed E-state index contributed by atoms with van der Waals surface area (Å²) >= 11 is 0. The van der Waals surface area contributed by atoms with Crippen LogP contribution in [0.4, 0.5) is 0 Å². The molecule has 1 amide bonds. The molecule has 4 heteroatoms. The van der Waals surface area contributed by atoms with Gasteiger partial charge in [0, 0.05) is 17.1 Å². The van der Waals surface area contributed by atoms with Gasteiger partial charge in [0.15, 0.2) is 0 Å². The zero-order valence-corrected chi connectivity index (χ0v) is 11.7. The predicted octanol–water partition coefficient (Wildman–Crippen LogP) is 2.69. The lowest BCUT2D eigenvalue weighted by Gasteiger charge is -2.12. The molecule has 19 heavy (non-hydrogen) atoms. The van der Waals surface area contributed by atoms with Gasteiger partial charge >= 0.3 is 0 Å². The lowest BCUT2D eigenvalue weighted by Crippen LogP contribution is -2.22. The topological polar surface area (TPSA) is 43.3 Å². The van der Waals surface area contributed by atoms with E-state index >= 15 is 0 Å². The van der Waals surface area contributed by atoms with Crippen LogP contribution in [0.15, 0.2) is 30.3 Å². The molecule has 1 aromatic carbocycles. The molecular formula is C15H18N2O2. The van der Waals surface area contributed by atoms with Crippen LogP contribution in [0.2, 0.25) is 0 Å². The highest BCUT2D eigenvalue weighted by Gasteiger charge is 2.17. The second kappa shape index (κ2) is 5.28. The van der Waals surface area contributed by atoms with E-state index in [9.17, 15) is 4.79 Å². The van der Waals surface area contributed by atoms with Gasteiger partial charge in [0.25, 0.3) is 5.91 Å². The maximum atomic E-state index is 11.9. The normalized spacial score (nSPS) is 10.5. The Balaban J connectivity index is 2.54. The van der Waals surface area contributed by atoms with Gasteiger partial charge in [-0.2, -0.15) is 0 Å². The van der Waals surface area contributed by atoms with Crippen LogP contribution >= 0.6 is 0 Å². The first-order valence-corrected chi connectivity index (χ1v) is 6.14. The van der Waals surface area contributed by atoms with Crippen molar-refractivity contribution in [1.29, 1.82) is 0 Å². The van der Waals surface area contributed by atoms with Gasteiger partial charge in [0.05, 0.1) is 12.7 Å². The van der Waals surface area contributed by atoms with Crippen molar-refractivity contribution >= 4 is 5.91 Å². The van der Waals surface area contributed by atoms with E-state index in [0.29, 0.717) is 5.56 Å². The van der Waals surface area contributed by atoms with Crippen molar-refractivity contribution < 1.29 is 9.63 Å². The van der Waals surface area contributed by atoms with E-state index in [-0.39, 0.29) is 5.91 Å². The zero-order chi connectivity index (χ0) is 14.0. The van der Waals surface area contributed by atoms with Crippen LogP contribution in [-0.2, 0) is 4.84 Å². The van der Waals surface area contributed by atoms with Crippen molar-refractivity contribution in [1.82, 2.24) is 10.0 Å². The summed E-state index contributed by atoms with van der Waals surface area (Å²) in [5.41, 5.74) is 7.17. The largest absolute Gasteiger partial charge is 0.317 e. The molecule has 0 atom stereocenters. The minimum absolute atomic E-state index is 0.226. The third kappa shape index (κ3) is 2.39. The molecule has 2 rings (SSSR count). The number of nitrogens with one attached hydrogen (secondary N) is 1. The number of amides is 1. The molecule has 2 aromatic rings. The van der Waals surface area contributed by atoms with Gasteiger partial charge in [0.2, 0.25) is 0 Å². The van der Waals surface area contributed by atoms with E-state index in [1.165, 1.54) is 12.7 Å². The van der Waals surface area contributed by atoms with Crippen LogP contribution in [0.25, 0.3) is 5.69 Å².